The summed E-state index contributed by atoms with van der Waals surface area (Å²) < 4.78 is 26.6. The number of nitrogens with zero attached hydrogens (tertiary/aromatic N) is 1. The number of H-pyrrole nitrogens is 1. The zero-order chi connectivity index (χ0) is 21.7. The molecule has 0 radical (unpaired) electrons. The lowest BCUT2D eigenvalue weighted by molar-refractivity contribution is -0.126. The number of nitrogens with one attached hydrogen (secondary N) is 2. The molecule has 0 aliphatic carbocycles. The zero-order valence-corrected chi connectivity index (χ0v) is 18.1. The fourth-order valence-electron chi connectivity index (χ4n) is 3.99. The van der Waals surface area contributed by atoms with Crippen LogP contribution in [0.1, 0.15) is 24.0 Å². The SMILES string of the molecule is O=C(NCCc1c[nH]c2ccccc12)C1CCN(S(=O)(=O)C=Cc2ccccc2)CC1. The number of carbonyl (C=O) groups is 1. The molecule has 1 aromatic heterocycles. The molecule has 3 aromatic rings. The molecule has 162 valence electrons. The first-order chi connectivity index (χ1) is 15.0. The van der Waals surface area contributed by atoms with E-state index in [0.717, 1.165) is 17.5 Å². The van der Waals surface area contributed by atoms with Crippen LogP contribution in [0.3, 0.4) is 0 Å². The standard InChI is InChI=1S/C24H27N3O3S/c28-24(25-14-10-21-18-26-23-9-5-4-8-22(21)23)20-11-15-27(16-12-20)31(29,30)17-13-19-6-2-1-3-7-19/h1-9,13,17-18,20,26H,10-12,14-16H2,(H,25,28). The number of fused-ring (bicyclic) bond motifs is 1. The maximum Gasteiger partial charge on any atom is 0.236 e. The second kappa shape index (κ2) is 9.49. The molecule has 7 heteroatoms. The van der Waals surface area contributed by atoms with Crippen LogP contribution in [0.5, 0.6) is 0 Å². The smallest absolute Gasteiger partial charge is 0.236 e. The number of rotatable bonds is 7. The van der Waals surface area contributed by atoms with E-state index in [4.69, 9.17) is 0 Å². The Kier molecular flexibility index (Phi) is 6.53. The molecule has 0 saturated carbocycles. The van der Waals surface area contributed by atoms with Gasteiger partial charge in [-0.05, 0) is 42.5 Å². The molecule has 4 rings (SSSR count). The first-order valence-electron chi connectivity index (χ1n) is 10.6. The lowest BCUT2D eigenvalue weighted by Crippen LogP contribution is -2.42. The number of sulfonamides is 1. The van der Waals surface area contributed by atoms with Gasteiger partial charge >= 0.3 is 0 Å². The minimum Gasteiger partial charge on any atom is -0.361 e. The molecule has 1 amide bonds. The van der Waals surface area contributed by atoms with Crippen LogP contribution in [0.15, 0.2) is 66.2 Å². The number of para-hydroxylation sites is 1. The lowest BCUT2D eigenvalue weighted by Gasteiger charge is -2.29. The van der Waals surface area contributed by atoms with Crippen molar-refractivity contribution >= 4 is 32.9 Å². The van der Waals surface area contributed by atoms with Crippen molar-refractivity contribution in [1.82, 2.24) is 14.6 Å². The van der Waals surface area contributed by atoms with Gasteiger partial charge in [0.15, 0.2) is 0 Å². The molecule has 6 nitrogen and oxygen atoms in total. The molecule has 1 saturated heterocycles. The minimum atomic E-state index is -3.48. The summed E-state index contributed by atoms with van der Waals surface area (Å²) in [5.41, 5.74) is 3.12. The van der Waals surface area contributed by atoms with Gasteiger partial charge < -0.3 is 10.3 Å². The van der Waals surface area contributed by atoms with Gasteiger partial charge in [-0.15, -0.1) is 0 Å². The third-order valence-corrected chi connectivity index (χ3v) is 7.35. The van der Waals surface area contributed by atoms with Gasteiger partial charge in [0.25, 0.3) is 0 Å². The highest BCUT2D eigenvalue weighted by Crippen LogP contribution is 2.21. The summed E-state index contributed by atoms with van der Waals surface area (Å²) >= 11 is 0. The van der Waals surface area contributed by atoms with Gasteiger partial charge in [-0.3, -0.25) is 4.79 Å². The Morgan fingerprint density at radius 2 is 1.77 bits per heavy atom. The van der Waals surface area contributed by atoms with E-state index < -0.39 is 10.0 Å². The van der Waals surface area contributed by atoms with E-state index in [0.29, 0.717) is 32.5 Å². The first kappa shape index (κ1) is 21.3. The highest BCUT2D eigenvalue weighted by molar-refractivity contribution is 7.92. The van der Waals surface area contributed by atoms with Crippen molar-refractivity contribution in [2.24, 2.45) is 5.92 Å². The van der Waals surface area contributed by atoms with Gasteiger partial charge in [-0.1, -0.05) is 48.5 Å². The van der Waals surface area contributed by atoms with Gasteiger partial charge in [-0.2, -0.15) is 4.31 Å². The predicted molar refractivity (Wildman–Crippen MR) is 124 cm³/mol. The van der Waals surface area contributed by atoms with Crippen molar-refractivity contribution in [2.75, 3.05) is 19.6 Å². The van der Waals surface area contributed by atoms with Gasteiger partial charge in [0.1, 0.15) is 0 Å². The highest BCUT2D eigenvalue weighted by Gasteiger charge is 2.29. The second-order valence-electron chi connectivity index (χ2n) is 7.83. The number of aromatic amines is 1. The molecule has 2 aromatic carbocycles. The van der Waals surface area contributed by atoms with E-state index in [1.54, 1.807) is 6.08 Å². The largest absolute Gasteiger partial charge is 0.361 e. The van der Waals surface area contributed by atoms with E-state index >= 15 is 0 Å². The maximum absolute atomic E-state index is 12.6. The topological polar surface area (TPSA) is 82.3 Å². The van der Waals surface area contributed by atoms with E-state index in [-0.39, 0.29) is 11.8 Å². The molecule has 1 fully saturated rings. The van der Waals surface area contributed by atoms with Gasteiger partial charge in [-0.25, -0.2) is 8.42 Å². The van der Waals surface area contributed by atoms with Crippen molar-refractivity contribution in [1.29, 1.82) is 0 Å². The quantitative estimate of drug-likeness (QED) is 0.593. The van der Waals surface area contributed by atoms with Crippen LogP contribution in [0.2, 0.25) is 0 Å². The van der Waals surface area contributed by atoms with Crippen LogP contribution < -0.4 is 5.32 Å². The number of piperidine rings is 1. The molecule has 0 unspecified atom stereocenters. The average molecular weight is 438 g/mol. The first-order valence-corrected chi connectivity index (χ1v) is 12.1. The number of hydrogen-bond donors (Lipinski definition) is 2. The molecule has 0 atom stereocenters. The zero-order valence-electron chi connectivity index (χ0n) is 17.3. The van der Waals surface area contributed by atoms with E-state index in [2.05, 4.69) is 16.4 Å². The average Bonchev–Trinajstić information content (AvgIpc) is 3.22. The Bertz CT molecular complexity index is 1160. The van der Waals surface area contributed by atoms with Crippen molar-refractivity contribution < 1.29 is 13.2 Å². The van der Waals surface area contributed by atoms with Gasteiger partial charge in [0.2, 0.25) is 15.9 Å². The number of aromatic nitrogens is 1. The fraction of sp³-hybridized carbons (Fsp3) is 0.292. The Balaban J connectivity index is 1.25. The van der Waals surface area contributed by atoms with Crippen molar-refractivity contribution in [2.45, 2.75) is 19.3 Å². The molecule has 0 bridgehead atoms. The monoisotopic (exact) mass is 437 g/mol. The number of benzene rings is 2. The lowest BCUT2D eigenvalue weighted by atomic mass is 9.97. The van der Waals surface area contributed by atoms with Crippen molar-refractivity contribution in [3.63, 3.8) is 0 Å². The van der Waals surface area contributed by atoms with E-state index in [1.807, 2.05) is 54.7 Å². The summed E-state index contributed by atoms with van der Waals surface area (Å²) in [6, 6.07) is 17.5. The Labute approximate surface area is 183 Å². The summed E-state index contributed by atoms with van der Waals surface area (Å²) in [7, 11) is -3.48. The number of hydrogen-bond acceptors (Lipinski definition) is 3. The predicted octanol–water partition coefficient (Wildman–Crippen LogP) is 3.54. The highest BCUT2D eigenvalue weighted by atomic mass is 32.2. The molecule has 1 aliphatic rings. The summed E-state index contributed by atoms with van der Waals surface area (Å²) in [4.78, 5) is 15.8. The molecule has 0 spiro atoms. The van der Waals surface area contributed by atoms with Crippen LogP contribution in [0.25, 0.3) is 17.0 Å². The molecule has 1 aliphatic heterocycles. The molecular weight excluding hydrogens is 410 g/mol. The number of carbonyl (C=O) groups excluding carboxylic acids is 1. The van der Waals surface area contributed by atoms with Crippen LogP contribution >= 0.6 is 0 Å². The summed E-state index contributed by atoms with van der Waals surface area (Å²) in [6.45, 7) is 1.29. The Hall–Kier alpha value is -2.90. The maximum atomic E-state index is 12.6. The van der Waals surface area contributed by atoms with E-state index in [9.17, 15) is 13.2 Å². The van der Waals surface area contributed by atoms with Crippen LogP contribution in [0, 0.1) is 5.92 Å². The third kappa shape index (κ3) is 5.24. The second-order valence-corrected chi connectivity index (χ2v) is 9.65. The van der Waals surface area contributed by atoms with Crippen molar-refractivity contribution in [3.05, 3.63) is 77.3 Å². The molecular formula is C24H27N3O3S. The normalized spacial score (nSPS) is 16.1. The van der Waals surface area contributed by atoms with Crippen LogP contribution in [-0.2, 0) is 21.2 Å². The van der Waals surface area contributed by atoms with Crippen LogP contribution in [-0.4, -0.2) is 43.2 Å². The molecule has 2 N–H and O–H groups in total. The summed E-state index contributed by atoms with van der Waals surface area (Å²) in [6.07, 6.45) is 5.43. The Morgan fingerprint density at radius 3 is 2.55 bits per heavy atom. The summed E-state index contributed by atoms with van der Waals surface area (Å²) in [5, 5.41) is 5.45. The van der Waals surface area contributed by atoms with Crippen LogP contribution in [0.4, 0.5) is 0 Å². The summed E-state index contributed by atoms with van der Waals surface area (Å²) in [5.74, 6) is -0.135. The molecule has 2 heterocycles. The number of amides is 1. The van der Waals surface area contributed by atoms with Gasteiger partial charge in [0, 0.05) is 48.1 Å². The van der Waals surface area contributed by atoms with Crippen molar-refractivity contribution in [3.8, 4) is 0 Å². The minimum absolute atomic E-state index is 0.0108. The fourth-order valence-corrected chi connectivity index (χ4v) is 5.21. The Morgan fingerprint density at radius 1 is 1.06 bits per heavy atom. The van der Waals surface area contributed by atoms with Gasteiger partial charge in [0.05, 0.1) is 0 Å². The molecule has 31 heavy (non-hydrogen) atoms. The van der Waals surface area contributed by atoms with E-state index in [1.165, 1.54) is 20.7 Å². The third-order valence-electron chi connectivity index (χ3n) is 5.79.